The maximum atomic E-state index is 2.56. The summed E-state index contributed by atoms with van der Waals surface area (Å²) in [5.74, 6) is 0. The van der Waals surface area contributed by atoms with Gasteiger partial charge in [0.05, 0.1) is 0 Å². The molecule has 0 amide bonds. The van der Waals surface area contributed by atoms with Crippen molar-refractivity contribution in [2.45, 2.75) is 52.4 Å². The average molecular weight is 639 g/mol. The van der Waals surface area contributed by atoms with Gasteiger partial charge in [0.2, 0.25) is 0 Å². The summed E-state index contributed by atoms with van der Waals surface area (Å²) >= 11 is 7.64. The molecule has 10 aromatic rings. The molecular weight excluding hydrogens is 609 g/mol. The second-order valence-electron chi connectivity index (χ2n) is 14.5. The van der Waals surface area contributed by atoms with Gasteiger partial charge < -0.3 is 0 Å². The molecule has 4 heteroatoms. The number of benzene rings is 6. The van der Waals surface area contributed by atoms with Crippen molar-refractivity contribution in [2.24, 2.45) is 0 Å². The molecule has 0 radical (unpaired) electrons. The molecule has 0 fully saturated rings. The van der Waals surface area contributed by atoms with E-state index in [0.717, 1.165) is 0 Å². The number of thiophene rings is 4. The fourth-order valence-electron chi connectivity index (χ4n) is 7.82. The van der Waals surface area contributed by atoms with Crippen LogP contribution in [0.25, 0.3) is 94.2 Å². The largest absolute Gasteiger partial charge is 0.143 e. The van der Waals surface area contributed by atoms with Crippen molar-refractivity contribution in [3.05, 3.63) is 81.2 Å². The van der Waals surface area contributed by atoms with Gasteiger partial charge in [-0.2, -0.15) is 0 Å². The molecule has 0 bridgehead atoms. The number of hydrogen-bond acceptors (Lipinski definition) is 4. The Labute approximate surface area is 271 Å². The van der Waals surface area contributed by atoms with E-state index in [1.54, 1.807) is 0 Å². The van der Waals surface area contributed by atoms with Crippen molar-refractivity contribution in [3.8, 4) is 0 Å². The highest BCUT2D eigenvalue weighted by atomic mass is 32.1. The summed E-state index contributed by atoms with van der Waals surface area (Å²) in [6, 6.07) is 19.6. The van der Waals surface area contributed by atoms with Gasteiger partial charge in [0.15, 0.2) is 0 Å². The van der Waals surface area contributed by atoms with Crippen molar-refractivity contribution < 1.29 is 0 Å². The fraction of sp³-hybridized carbons (Fsp3) is 0.200. The van der Waals surface area contributed by atoms with Crippen LogP contribution in [-0.4, -0.2) is 0 Å². The lowest BCUT2D eigenvalue weighted by molar-refractivity contribution is 0.591. The van der Waals surface area contributed by atoms with Crippen LogP contribution in [0.2, 0.25) is 0 Å². The third kappa shape index (κ3) is 3.13. The van der Waals surface area contributed by atoms with E-state index in [4.69, 9.17) is 0 Å². The van der Waals surface area contributed by atoms with Gasteiger partial charge in [0.1, 0.15) is 0 Å². The molecular formula is C40H30S4. The monoisotopic (exact) mass is 638 g/mol. The lowest BCUT2D eigenvalue weighted by atomic mass is 9.77. The first-order valence-electron chi connectivity index (χ1n) is 15.3. The second-order valence-corrected chi connectivity index (χ2v) is 18.2. The molecule has 10 rings (SSSR count). The first-order valence-corrected chi connectivity index (χ1v) is 18.8. The van der Waals surface area contributed by atoms with E-state index >= 15 is 0 Å². The van der Waals surface area contributed by atoms with Crippen molar-refractivity contribution >= 4 is 140 Å². The van der Waals surface area contributed by atoms with Gasteiger partial charge in [-0.05, 0) is 124 Å². The van der Waals surface area contributed by atoms with Gasteiger partial charge >= 0.3 is 0 Å². The average Bonchev–Trinajstić information content (AvgIpc) is 3.79. The predicted octanol–water partition coefficient (Wildman–Crippen LogP) is 14.3. The van der Waals surface area contributed by atoms with E-state index in [-0.39, 0.29) is 10.8 Å². The number of fused-ring (bicyclic) bond motifs is 16. The molecule has 0 unspecified atom stereocenters. The van der Waals surface area contributed by atoms with E-state index in [9.17, 15) is 0 Å². The third-order valence-electron chi connectivity index (χ3n) is 9.99. The normalized spacial score (nSPS) is 13.7. The highest BCUT2D eigenvalue weighted by molar-refractivity contribution is 7.22. The minimum atomic E-state index is 0.0195. The molecule has 44 heavy (non-hydrogen) atoms. The van der Waals surface area contributed by atoms with Crippen LogP contribution in [0.15, 0.2) is 70.1 Å². The summed E-state index contributed by atoms with van der Waals surface area (Å²) in [5.41, 5.74) is 2.86. The van der Waals surface area contributed by atoms with Gasteiger partial charge in [-0.3, -0.25) is 0 Å². The molecule has 6 aromatic carbocycles. The van der Waals surface area contributed by atoms with Crippen molar-refractivity contribution in [3.63, 3.8) is 0 Å². The van der Waals surface area contributed by atoms with E-state index in [1.807, 2.05) is 45.3 Å². The molecule has 4 aromatic heterocycles. The van der Waals surface area contributed by atoms with Gasteiger partial charge in [0, 0.05) is 61.9 Å². The Morgan fingerprint density at radius 3 is 0.818 bits per heavy atom. The van der Waals surface area contributed by atoms with E-state index < -0.39 is 0 Å². The molecule has 0 aliphatic rings. The molecule has 0 N–H and O–H groups in total. The van der Waals surface area contributed by atoms with Crippen molar-refractivity contribution in [2.75, 3.05) is 0 Å². The zero-order chi connectivity index (χ0) is 29.9. The summed E-state index contributed by atoms with van der Waals surface area (Å²) in [4.78, 5) is 0. The number of hydrogen-bond donors (Lipinski definition) is 0. The SMILES string of the molecule is CC(C)(C)c1cc2c3c(c1)c1c4sccc4c4ccsc4c1c1cc(C(C)(C)C)cc(c13)c1c3sccc3c3ccsc3c21. The van der Waals surface area contributed by atoms with Crippen LogP contribution in [-0.2, 0) is 10.8 Å². The van der Waals surface area contributed by atoms with Crippen LogP contribution < -0.4 is 0 Å². The topological polar surface area (TPSA) is 0 Å². The lowest BCUT2D eigenvalue weighted by Crippen LogP contribution is -2.12. The Kier molecular flexibility index (Phi) is 4.90. The van der Waals surface area contributed by atoms with E-state index in [2.05, 4.69) is 112 Å². The summed E-state index contributed by atoms with van der Waals surface area (Å²) in [6.07, 6.45) is 0. The van der Waals surface area contributed by atoms with Gasteiger partial charge in [0.25, 0.3) is 0 Å². The first kappa shape index (κ1) is 26.0. The predicted molar refractivity (Wildman–Crippen MR) is 204 cm³/mol. The maximum absolute atomic E-state index is 2.56. The Hall–Kier alpha value is -3.28. The molecule has 214 valence electrons. The maximum Gasteiger partial charge on any atom is 0.0434 e. The van der Waals surface area contributed by atoms with Crippen LogP contribution in [0.1, 0.15) is 52.7 Å². The van der Waals surface area contributed by atoms with E-state index in [0.29, 0.717) is 0 Å². The zero-order valence-corrected chi connectivity index (χ0v) is 28.8. The minimum Gasteiger partial charge on any atom is -0.143 e. The lowest BCUT2D eigenvalue weighted by Gasteiger charge is -2.26. The highest BCUT2D eigenvalue weighted by Gasteiger charge is 2.28. The van der Waals surface area contributed by atoms with Crippen LogP contribution in [0.4, 0.5) is 0 Å². The fourth-order valence-corrected chi connectivity index (χ4v) is 11.7. The summed E-state index contributed by atoms with van der Waals surface area (Å²) in [7, 11) is 0. The highest BCUT2D eigenvalue weighted by Crippen LogP contribution is 2.55. The molecule has 4 heterocycles. The van der Waals surface area contributed by atoms with Crippen LogP contribution in [0.3, 0.4) is 0 Å². The van der Waals surface area contributed by atoms with Gasteiger partial charge in [-0.15, -0.1) is 45.3 Å². The quantitative estimate of drug-likeness (QED) is 0.114. The minimum absolute atomic E-state index is 0.0195. The zero-order valence-electron chi connectivity index (χ0n) is 25.6. The van der Waals surface area contributed by atoms with Crippen LogP contribution >= 0.6 is 45.3 Å². The Morgan fingerprint density at radius 2 is 0.591 bits per heavy atom. The van der Waals surface area contributed by atoms with Gasteiger partial charge in [-0.1, -0.05) is 41.5 Å². The van der Waals surface area contributed by atoms with Crippen LogP contribution in [0.5, 0.6) is 0 Å². The van der Waals surface area contributed by atoms with E-state index in [1.165, 1.54) is 105 Å². The standard InChI is InChI=1S/C40H30S4/c1-39(2,3)19-15-25-29-26(16-19)32-34(38-24(10-14-44-38)22-8-12-42-36(22)32)28-18-20(40(4,5)6)17-27(30(28)29)33-31(25)35-21(7-11-41-35)23-9-13-43-37(23)33/h7-18H,1-6H3. The summed E-state index contributed by atoms with van der Waals surface area (Å²) in [6.45, 7) is 14.2. The second kappa shape index (κ2) is 8.30. The Balaban J connectivity index is 1.68. The summed E-state index contributed by atoms with van der Waals surface area (Å²) in [5, 5.41) is 29.1. The Morgan fingerprint density at radius 1 is 0.341 bits per heavy atom. The van der Waals surface area contributed by atoms with Crippen molar-refractivity contribution in [1.29, 1.82) is 0 Å². The summed E-state index contributed by atoms with van der Waals surface area (Å²) < 4.78 is 5.70. The molecule has 0 aliphatic heterocycles. The molecule has 0 nitrogen and oxygen atoms in total. The molecule has 0 saturated carbocycles. The number of rotatable bonds is 0. The molecule has 0 aliphatic carbocycles. The molecule has 0 atom stereocenters. The van der Waals surface area contributed by atoms with Crippen molar-refractivity contribution in [1.82, 2.24) is 0 Å². The van der Waals surface area contributed by atoms with Crippen LogP contribution in [0, 0.1) is 0 Å². The first-order chi connectivity index (χ1) is 21.1. The third-order valence-corrected chi connectivity index (χ3v) is 13.7. The molecule has 0 spiro atoms. The van der Waals surface area contributed by atoms with Gasteiger partial charge in [-0.25, -0.2) is 0 Å². The smallest absolute Gasteiger partial charge is 0.0434 e. The molecule has 0 saturated heterocycles. The Bertz CT molecular complexity index is 2460.